The van der Waals surface area contributed by atoms with E-state index in [1.807, 2.05) is 0 Å². The van der Waals surface area contributed by atoms with Gasteiger partial charge in [-0.3, -0.25) is 19.2 Å². The van der Waals surface area contributed by atoms with Gasteiger partial charge in [0.2, 0.25) is 0 Å². The van der Waals surface area contributed by atoms with Gasteiger partial charge in [0.05, 0.1) is 26.8 Å². The second-order valence-corrected chi connectivity index (χ2v) is 8.56. The lowest BCUT2D eigenvalue weighted by atomic mass is 10.1. The average Bonchev–Trinajstić information content (AvgIpc) is 2.76. The van der Waals surface area contributed by atoms with Crippen molar-refractivity contribution >= 4 is 33.0 Å². The molecule has 8 nitrogen and oxygen atoms in total. The molecule has 0 aliphatic rings. The Morgan fingerprint density at radius 3 is 2.35 bits per heavy atom. The largest absolute Gasteiger partial charge is 0.321 e. The van der Waals surface area contributed by atoms with Gasteiger partial charge in [0, 0.05) is 18.2 Å². The van der Waals surface area contributed by atoms with Crippen LogP contribution in [0.3, 0.4) is 0 Å². The van der Waals surface area contributed by atoms with Gasteiger partial charge in [0.1, 0.15) is 0 Å². The van der Waals surface area contributed by atoms with Gasteiger partial charge < -0.3 is 5.32 Å². The van der Waals surface area contributed by atoms with Gasteiger partial charge in [0.25, 0.3) is 21.6 Å². The second kappa shape index (κ2) is 8.97. The van der Waals surface area contributed by atoms with Crippen molar-refractivity contribution in [3.8, 4) is 0 Å². The number of nitro benzene ring substituents is 1. The zero-order valence-electron chi connectivity index (χ0n) is 17.0. The first-order valence-corrected chi connectivity index (χ1v) is 10.9. The first kappa shape index (κ1) is 22.0. The van der Waals surface area contributed by atoms with E-state index in [4.69, 9.17) is 0 Å². The van der Waals surface area contributed by atoms with Crippen molar-refractivity contribution in [1.29, 1.82) is 0 Å². The van der Waals surface area contributed by atoms with Crippen LogP contribution in [0.4, 0.5) is 17.1 Å². The van der Waals surface area contributed by atoms with E-state index in [9.17, 15) is 23.3 Å². The van der Waals surface area contributed by atoms with Gasteiger partial charge >= 0.3 is 0 Å². The molecule has 0 fully saturated rings. The predicted octanol–water partition coefficient (Wildman–Crippen LogP) is 4.37. The van der Waals surface area contributed by atoms with Crippen molar-refractivity contribution in [3.05, 3.63) is 94.0 Å². The van der Waals surface area contributed by atoms with Gasteiger partial charge in [-0.2, -0.15) is 0 Å². The van der Waals surface area contributed by atoms with Gasteiger partial charge in [0.15, 0.2) is 0 Å². The first-order valence-electron chi connectivity index (χ1n) is 9.49. The first-order chi connectivity index (χ1) is 14.8. The van der Waals surface area contributed by atoms with Crippen LogP contribution in [0, 0.1) is 17.0 Å². The molecule has 0 saturated carbocycles. The number of nitro groups is 1. The molecule has 3 aromatic carbocycles. The third-order valence-electron chi connectivity index (χ3n) is 4.77. The molecule has 0 saturated heterocycles. The van der Waals surface area contributed by atoms with E-state index in [2.05, 4.69) is 5.32 Å². The normalized spacial score (nSPS) is 11.0. The number of nitrogens with zero attached hydrogens (tertiary/aromatic N) is 2. The maximum atomic E-state index is 13.2. The third-order valence-corrected chi connectivity index (χ3v) is 6.66. The molecule has 0 unspecified atom stereocenters. The van der Waals surface area contributed by atoms with Crippen molar-refractivity contribution in [3.63, 3.8) is 0 Å². The number of hydrogen-bond donors (Lipinski definition) is 1. The molecule has 9 heteroatoms. The smallest absolute Gasteiger partial charge is 0.274 e. The number of benzene rings is 3. The second-order valence-electron chi connectivity index (χ2n) is 6.69. The average molecular weight is 439 g/mol. The van der Waals surface area contributed by atoms with E-state index in [-0.39, 0.29) is 28.4 Å². The summed E-state index contributed by atoms with van der Waals surface area (Å²) in [6, 6.07) is 18.8. The molecule has 0 radical (unpaired) electrons. The summed E-state index contributed by atoms with van der Waals surface area (Å²) in [5.41, 5.74) is 1.12. The molecule has 3 rings (SSSR count). The van der Waals surface area contributed by atoms with Crippen molar-refractivity contribution in [1.82, 2.24) is 0 Å². The molecule has 0 heterocycles. The third kappa shape index (κ3) is 4.56. The number of para-hydroxylation sites is 1. The van der Waals surface area contributed by atoms with Gasteiger partial charge in [-0.1, -0.05) is 30.3 Å². The fraction of sp³-hybridized carbons (Fsp3) is 0.136. The summed E-state index contributed by atoms with van der Waals surface area (Å²) >= 11 is 0. The highest BCUT2D eigenvalue weighted by molar-refractivity contribution is 7.92. The molecule has 1 N–H and O–H groups in total. The standard InChI is InChI=1S/C22H21N3O5S/c1-3-24(18-10-5-4-6-11-18)31(29,30)19-12-7-9-17(15-19)22(26)23-20-13-8-14-21(16(20)2)25(27)28/h4-15H,3H2,1-2H3,(H,23,26). The monoisotopic (exact) mass is 439 g/mol. The lowest BCUT2D eigenvalue weighted by molar-refractivity contribution is -0.385. The van der Waals surface area contributed by atoms with Crippen LogP contribution in [0.5, 0.6) is 0 Å². The van der Waals surface area contributed by atoms with Crippen LogP contribution in [-0.4, -0.2) is 25.8 Å². The fourth-order valence-electron chi connectivity index (χ4n) is 3.16. The lowest BCUT2D eigenvalue weighted by Gasteiger charge is -2.23. The Balaban J connectivity index is 1.92. The number of carbonyl (C=O) groups excluding carboxylic acids is 1. The number of hydrogen-bond acceptors (Lipinski definition) is 5. The molecule has 0 aliphatic carbocycles. The Hall–Kier alpha value is -3.72. The van der Waals surface area contributed by atoms with E-state index in [0.29, 0.717) is 11.3 Å². The van der Waals surface area contributed by atoms with E-state index >= 15 is 0 Å². The van der Waals surface area contributed by atoms with E-state index in [0.717, 1.165) is 0 Å². The number of sulfonamides is 1. The van der Waals surface area contributed by atoms with Gasteiger partial charge in [-0.25, -0.2) is 8.42 Å². The molecule has 0 aromatic heterocycles. The summed E-state index contributed by atoms with van der Waals surface area (Å²) in [6.07, 6.45) is 0. The Morgan fingerprint density at radius 1 is 1.03 bits per heavy atom. The van der Waals surface area contributed by atoms with Crippen LogP contribution < -0.4 is 9.62 Å². The molecule has 0 spiro atoms. The van der Waals surface area contributed by atoms with Crippen LogP contribution in [0.1, 0.15) is 22.8 Å². The molecule has 3 aromatic rings. The summed E-state index contributed by atoms with van der Waals surface area (Å²) < 4.78 is 27.6. The van der Waals surface area contributed by atoms with Gasteiger partial charge in [-0.15, -0.1) is 0 Å². The summed E-state index contributed by atoms with van der Waals surface area (Å²) in [7, 11) is -3.90. The summed E-state index contributed by atoms with van der Waals surface area (Å²) in [5, 5.41) is 13.7. The number of rotatable bonds is 7. The highest BCUT2D eigenvalue weighted by Gasteiger charge is 2.24. The minimum Gasteiger partial charge on any atom is -0.321 e. The van der Waals surface area contributed by atoms with Crippen LogP contribution >= 0.6 is 0 Å². The molecule has 0 aliphatic heterocycles. The van der Waals surface area contributed by atoms with E-state index < -0.39 is 20.9 Å². The molecule has 31 heavy (non-hydrogen) atoms. The van der Waals surface area contributed by atoms with Gasteiger partial charge in [-0.05, 0) is 50.2 Å². The maximum Gasteiger partial charge on any atom is 0.274 e. The van der Waals surface area contributed by atoms with Crippen molar-refractivity contribution in [2.45, 2.75) is 18.7 Å². The summed E-state index contributed by atoms with van der Waals surface area (Å²) in [5.74, 6) is -0.566. The van der Waals surface area contributed by atoms with Crippen LogP contribution in [-0.2, 0) is 10.0 Å². The minimum atomic E-state index is -3.90. The lowest BCUT2D eigenvalue weighted by Crippen LogP contribution is -2.31. The summed E-state index contributed by atoms with van der Waals surface area (Å²) in [4.78, 5) is 23.3. The summed E-state index contributed by atoms with van der Waals surface area (Å²) in [6.45, 7) is 3.48. The van der Waals surface area contributed by atoms with Crippen molar-refractivity contribution in [2.24, 2.45) is 0 Å². The van der Waals surface area contributed by atoms with Crippen LogP contribution in [0.2, 0.25) is 0 Å². The van der Waals surface area contributed by atoms with Crippen molar-refractivity contribution in [2.75, 3.05) is 16.2 Å². The van der Waals surface area contributed by atoms with Crippen LogP contribution in [0.15, 0.2) is 77.7 Å². The van der Waals surface area contributed by atoms with Crippen molar-refractivity contribution < 1.29 is 18.1 Å². The van der Waals surface area contributed by atoms with E-state index in [1.165, 1.54) is 47.6 Å². The fourth-order valence-corrected chi connectivity index (χ4v) is 4.68. The highest BCUT2D eigenvalue weighted by atomic mass is 32.2. The Bertz CT molecular complexity index is 1230. The minimum absolute atomic E-state index is 0.0263. The van der Waals surface area contributed by atoms with E-state index in [1.54, 1.807) is 43.3 Å². The molecular formula is C22H21N3O5S. The molecule has 0 bridgehead atoms. The number of amides is 1. The number of anilines is 2. The highest BCUT2D eigenvalue weighted by Crippen LogP contribution is 2.27. The quantitative estimate of drug-likeness (QED) is 0.434. The van der Waals surface area contributed by atoms with Crippen LogP contribution in [0.25, 0.3) is 0 Å². The SMILES string of the molecule is CCN(c1ccccc1)S(=O)(=O)c1cccc(C(=O)Nc2cccc([N+](=O)[O-])c2C)c1. The Labute approximate surface area is 180 Å². The molecular weight excluding hydrogens is 418 g/mol. The number of nitrogens with one attached hydrogen (secondary N) is 1. The molecule has 160 valence electrons. The zero-order valence-corrected chi connectivity index (χ0v) is 17.8. The molecule has 1 amide bonds. The zero-order chi connectivity index (χ0) is 22.6. The topological polar surface area (TPSA) is 110 Å². The maximum absolute atomic E-state index is 13.2. The number of carbonyl (C=O) groups is 1. The predicted molar refractivity (Wildman–Crippen MR) is 119 cm³/mol. The Morgan fingerprint density at radius 2 is 1.71 bits per heavy atom. The molecule has 0 atom stereocenters. The Kier molecular flexibility index (Phi) is 6.36.